The lowest BCUT2D eigenvalue weighted by molar-refractivity contribution is -0.149. The van der Waals surface area contributed by atoms with Gasteiger partial charge in [0.05, 0.1) is 6.54 Å². The third-order valence-corrected chi connectivity index (χ3v) is 2.17. The summed E-state index contributed by atoms with van der Waals surface area (Å²) in [5.74, 6) is -0.970. The number of piperidine rings is 1. The van der Waals surface area contributed by atoms with Crippen molar-refractivity contribution in [1.29, 1.82) is 0 Å². The van der Waals surface area contributed by atoms with Crippen molar-refractivity contribution in [2.45, 2.75) is 18.9 Å². The van der Waals surface area contributed by atoms with Crippen molar-refractivity contribution in [2.75, 3.05) is 13.6 Å². The van der Waals surface area contributed by atoms with Crippen LogP contribution >= 0.6 is 0 Å². The smallest absolute Gasteiger partial charge is 0.251 e. The SMILES string of the molecule is CN1C(=O)CCC(NC(=O)CN)C1=O. The van der Waals surface area contributed by atoms with E-state index in [9.17, 15) is 14.4 Å². The Labute approximate surface area is 81.4 Å². The molecule has 0 radical (unpaired) electrons. The molecule has 0 bridgehead atoms. The highest BCUT2D eigenvalue weighted by Crippen LogP contribution is 2.10. The number of likely N-dealkylation sites (tertiary alicyclic amines) is 1. The predicted molar refractivity (Wildman–Crippen MR) is 48.0 cm³/mol. The number of carbonyl (C=O) groups is 3. The number of rotatable bonds is 2. The van der Waals surface area contributed by atoms with Gasteiger partial charge in [-0.2, -0.15) is 0 Å². The van der Waals surface area contributed by atoms with Gasteiger partial charge in [-0.05, 0) is 6.42 Å². The molecular weight excluding hydrogens is 186 g/mol. The molecule has 1 heterocycles. The normalized spacial score (nSPS) is 22.4. The fourth-order valence-electron chi connectivity index (χ4n) is 1.30. The van der Waals surface area contributed by atoms with E-state index in [1.165, 1.54) is 7.05 Å². The summed E-state index contributed by atoms with van der Waals surface area (Å²) in [6.07, 6.45) is 0.630. The van der Waals surface area contributed by atoms with Crippen molar-refractivity contribution in [3.8, 4) is 0 Å². The van der Waals surface area contributed by atoms with Crippen LogP contribution in [0.1, 0.15) is 12.8 Å². The van der Waals surface area contributed by atoms with Crippen molar-refractivity contribution in [2.24, 2.45) is 5.73 Å². The number of imide groups is 1. The highest BCUT2D eigenvalue weighted by atomic mass is 16.2. The van der Waals surface area contributed by atoms with Gasteiger partial charge in [0.1, 0.15) is 6.04 Å². The predicted octanol–water partition coefficient (Wildman–Crippen LogP) is -1.79. The van der Waals surface area contributed by atoms with Crippen molar-refractivity contribution in [3.63, 3.8) is 0 Å². The maximum Gasteiger partial charge on any atom is 0.251 e. The number of carbonyl (C=O) groups excluding carboxylic acids is 3. The summed E-state index contributed by atoms with van der Waals surface area (Å²) < 4.78 is 0. The maximum absolute atomic E-state index is 11.4. The summed E-state index contributed by atoms with van der Waals surface area (Å²) in [5.41, 5.74) is 5.09. The van der Waals surface area contributed by atoms with Gasteiger partial charge in [-0.3, -0.25) is 19.3 Å². The third-order valence-electron chi connectivity index (χ3n) is 2.17. The summed E-state index contributed by atoms with van der Waals surface area (Å²) in [7, 11) is 1.41. The van der Waals surface area contributed by atoms with Crippen LogP contribution in [0.5, 0.6) is 0 Å². The van der Waals surface area contributed by atoms with Gasteiger partial charge in [0.2, 0.25) is 11.8 Å². The number of nitrogens with one attached hydrogen (secondary N) is 1. The van der Waals surface area contributed by atoms with Gasteiger partial charge >= 0.3 is 0 Å². The fourth-order valence-corrected chi connectivity index (χ4v) is 1.30. The van der Waals surface area contributed by atoms with Crippen molar-refractivity contribution >= 4 is 17.7 Å². The monoisotopic (exact) mass is 199 g/mol. The second kappa shape index (κ2) is 4.19. The van der Waals surface area contributed by atoms with Gasteiger partial charge < -0.3 is 11.1 Å². The van der Waals surface area contributed by atoms with Crippen LogP contribution in [0.3, 0.4) is 0 Å². The van der Waals surface area contributed by atoms with Crippen LogP contribution < -0.4 is 11.1 Å². The topological polar surface area (TPSA) is 92.5 Å². The zero-order valence-electron chi connectivity index (χ0n) is 7.95. The Morgan fingerprint density at radius 2 is 2.29 bits per heavy atom. The van der Waals surface area contributed by atoms with E-state index in [1.54, 1.807) is 0 Å². The van der Waals surface area contributed by atoms with E-state index in [2.05, 4.69) is 5.32 Å². The van der Waals surface area contributed by atoms with Crippen LogP contribution in [-0.2, 0) is 14.4 Å². The molecule has 0 saturated carbocycles. The molecule has 3 N–H and O–H groups in total. The van der Waals surface area contributed by atoms with Crippen LogP contribution in [-0.4, -0.2) is 42.3 Å². The number of amides is 3. The summed E-state index contributed by atoms with van der Waals surface area (Å²) in [6, 6.07) is -0.603. The molecule has 0 aliphatic carbocycles. The molecule has 6 nitrogen and oxygen atoms in total. The molecule has 1 saturated heterocycles. The van der Waals surface area contributed by atoms with Crippen LogP contribution in [0, 0.1) is 0 Å². The molecule has 1 atom stereocenters. The Hall–Kier alpha value is -1.43. The van der Waals surface area contributed by atoms with Crippen molar-refractivity contribution in [1.82, 2.24) is 10.2 Å². The fraction of sp³-hybridized carbons (Fsp3) is 0.625. The molecule has 0 aromatic heterocycles. The first-order valence-corrected chi connectivity index (χ1v) is 4.36. The Morgan fingerprint density at radius 3 is 2.86 bits per heavy atom. The van der Waals surface area contributed by atoms with Gasteiger partial charge in [0, 0.05) is 13.5 Å². The summed E-state index contributed by atoms with van der Waals surface area (Å²) in [5, 5.41) is 2.46. The minimum atomic E-state index is -0.603. The van der Waals surface area contributed by atoms with E-state index in [1.807, 2.05) is 0 Å². The first kappa shape index (κ1) is 10.6. The minimum Gasteiger partial charge on any atom is -0.343 e. The summed E-state index contributed by atoms with van der Waals surface area (Å²) in [4.78, 5) is 34.5. The summed E-state index contributed by atoms with van der Waals surface area (Å²) in [6.45, 7) is -0.151. The number of nitrogens with two attached hydrogens (primary N) is 1. The molecule has 78 valence electrons. The standard InChI is InChI=1S/C8H13N3O3/c1-11-7(13)3-2-5(8(11)14)10-6(12)4-9/h5H,2-4,9H2,1H3,(H,10,12). The average Bonchev–Trinajstić information content (AvgIpc) is 2.19. The van der Waals surface area contributed by atoms with E-state index in [0.717, 1.165) is 4.90 Å². The zero-order valence-corrected chi connectivity index (χ0v) is 7.95. The maximum atomic E-state index is 11.4. The molecule has 3 amide bonds. The van der Waals surface area contributed by atoms with Crippen LogP contribution in [0.2, 0.25) is 0 Å². The largest absolute Gasteiger partial charge is 0.343 e. The Morgan fingerprint density at radius 1 is 1.64 bits per heavy atom. The summed E-state index contributed by atoms with van der Waals surface area (Å²) >= 11 is 0. The quantitative estimate of drug-likeness (QED) is 0.514. The van der Waals surface area contributed by atoms with E-state index in [4.69, 9.17) is 5.73 Å². The number of hydrogen-bond donors (Lipinski definition) is 2. The molecule has 1 rings (SSSR count). The second-order valence-electron chi connectivity index (χ2n) is 3.15. The highest BCUT2D eigenvalue weighted by Gasteiger charge is 2.32. The third kappa shape index (κ3) is 2.08. The van der Waals surface area contributed by atoms with Crippen LogP contribution in [0.15, 0.2) is 0 Å². The van der Waals surface area contributed by atoms with Crippen LogP contribution in [0.4, 0.5) is 0 Å². The average molecular weight is 199 g/mol. The lowest BCUT2D eigenvalue weighted by atomic mass is 10.0. The van der Waals surface area contributed by atoms with Gasteiger partial charge in [0.15, 0.2) is 0 Å². The molecule has 1 aliphatic heterocycles. The molecule has 0 aromatic rings. The van der Waals surface area contributed by atoms with Crippen molar-refractivity contribution < 1.29 is 14.4 Å². The molecule has 14 heavy (non-hydrogen) atoms. The zero-order chi connectivity index (χ0) is 10.7. The molecule has 1 unspecified atom stereocenters. The van der Waals surface area contributed by atoms with E-state index in [0.29, 0.717) is 6.42 Å². The lowest BCUT2D eigenvalue weighted by Gasteiger charge is -2.27. The molecule has 1 fully saturated rings. The highest BCUT2D eigenvalue weighted by molar-refractivity contribution is 6.01. The number of nitrogens with zero attached hydrogens (tertiary/aromatic N) is 1. The van der Waals surface area contributed by atoms with E-state index < -0.39 is 6.04 Å². The second-order valence-corrected chi connectivity index (χ2v) is 3.15. The Kier molecular flexibility index (Phi) is 3.19. The number of hydrogen-bond acceptors (Lipinski definition) is 4. The molecule has 0 aromatic carbocycles. The number of likely N-dealkylation sites (N-methyl/N-ethyl adjacent to an activating group) is 1. The lowest BCUT2D eigenvalue weighted by Crippen LogP contribution is -2.53. The molecular formula is C8H13N3O3. The molecule has 0 spiro atoms. The molecule has 1 aliphatic rings. The minimum absolute atomic E-state index is 0.151. The van der Waals surface area contributed by atoms with E-state index >= 15 is 0 Å². The first-order chi connectivity index (χ1) is 6.56. The Bertz CT molecular complexity index is 277. The Balaban J connectivity index is 2.59. The van der Waals surface area contributed by atoms with Crippen LogP contribution in [0.25, 0.3) is 0 Å². The van der Waals surface area contributed by atoms with Gasteiger partial charge in [-0.1, -0.05) is 0 Å². The van der Waals surface area contributed by atoms with E-state index in [-0.39, 0.29) is 30.7 Å². The first-order valence-electron chi connectivity index (χ1n) is 4.36. The van der Waals surface area contributed by atoms with Gasteiger partial charge in [-0.15, -0.1) is 0 Å². The van der Waals surface area contributed by atoms with Gasteiger partial charge in [-0.25, -0.2) is 0 Å². The van der Waals surface area contributed by atoms with Gasteiger partial charge in [0.25, 0.3) is 5.91 Å². The van der Waals surface area contributed by atoms with Crippen molar-refractivity contribution in [3.05, 3.63) is 0 Å². The molecule has 6 heteroatoms.